The molecule has 19 heavy (non-hydrogen) atoms. The van der Waals surface area contributed by atoms with Crippen molar-refractivity contribution in [3.05, 3.63) is 68.1 Å². The van der Waals surface area contributed by atoms with Gasteiger partial charge in [-0.25, -0.2) is 8.78 Å². The van der Waals surface area contributed by atoms with Crippen LogP contribution in [0.2, 0.25) is 0 Å². The van der Waals surface area contributed by atoms with E-state index in [1.54, 1.807) is 0 Å². The van der Waals surface area contributed by atoms with Crippen molar-refractivity contribution in [1.29, 1.82) is 0 Å². The molecule has 5 heteroatoms. The van der Waals surface area contributed by atoms with E-state index < -0.39 is 17.7 Å². The van der Waals surface area contributed by atoms with E-state index in [2.05, 4.69) is 31.9 Å². The number of nitrogens with two attached hydrogens (primary N) is 1. The van der Waals surface area contributed by atoms with Crippen LogP contribution in [-0.2, 0) is 6.42 Å². The maximum Gasteiger partial charge on any atom is 0.145 e. The van der Waals surface area contributed by atoms with Gasteiger partial charge in [0.25, 0.3) is 0 Å². The molecule has 2 rings (SSSR count). The second-order valence-electron chi connectivity index (χ2n) is 4.20. The average molecular weight is 391 g/mol. The molecule has 2 aromatic carbocycles. The van der Waals surface area contributed by atoms with Crippen molar-refractivity contribution in [2.75, 3.05) is 0 Å². The lowest BCUT2D eigenvalue weighted by atomic mass is 9.99. The van der Waals surface area contributed by atoms with E-state index in [0.29, 0.717) is 6.42 Å². The molecule has 0 bridgehead atoms. The zero-order chi connectivity index (χ0) is 14.0. The Hall–Kier alpha value is -0.780. The molecule has 2 aromatic rings. The van der Waals surface area contributed by atoms with Gasteiger partial charge in [0.1, 0.15) is 11.6 Å². The highest BCUT2D eigenvalue weighted by molar-refractivity contribution is 9.10. The Morgan fingerprint density at radius 2 is 1.84 bits per heavy atom. The minimum atomic E-state index is -0.730. The molecule has 0 aliphatic carbocycles. The summed E-state index contributed by atoms with van der Waals surface area (Å²) in [5, 5.41) is 0. The predicted octanol–water partition coefficient (Wildman–Crippen LogP) is 4.73. The fourth-order valence-electron chi connectivity index (χ4n) is 1.90. The zero-order valence-corrected chi connectivity index (χ0v) is 13.0. The van der Waals surface area contributed by atoms with Crippen LogP contribution in [0.4, 0.5) is 8.78 Å². The van der Waals surface area contributed by atoms with Gasteiger partial charge < -0.3 is 5.73 Å². The minimum absolute atomic E-state index is 0.0886. The highest BCUT2D eigenvalue weighted by Crippen LogP contribution is 2.28. The molecule has 0 aliphatic heterocycles. The molecule has 0 saturated carbocycles. The minimum Gasteiger partial charge on any atom is -0.323 e. The van der Waals surface area contributed by atoms with Crippen LogP contribution in [0.1, 0.15) is 17.2 Å². The lowest BCUT2D eigenvalue weighted by Crippen LogP contribution is -2.17. The molecule has 0 spiro atoms. The normalized spacial score (nSPS) is 12.5. The summed E-state index contributed by atoms with van der Waals surface area (Å²) in [6, 6.07) is 9.32. The molecule has 0 radical (unpaired) electrons. The van der Waals surface area contributed by atoms with Crippen LogP contribution >= 0.6 is 31.9 Å². The monoisotopic (exact) mass is 389 g/mol. The third-order valence-electron chi connectivity index (χ3n) is 2.79. The molecule has 0 amide bonds. The summed E-state index contributed by atoms with van der Waals surface area (Å²) >= 11 is 6.39. The Morgan fingerprint density at radius 3 is 2.53 bits per heavy atom. The van der Waals surface area contributed by atoms with E-state index >= 15 is 0 Å². The van der Waals surface area contributed by atoms with Gasteiger partial charge in [-0.05, 0) is 52.2 Å². The molecule has 0 fully saturated rings. The smallest absolute Gasteiger partial charge is 0.145 e. The molecule has 0 aliphatic rings. The topological polar surface area (TPSA) is 26.0 Å². The quantitative estimate of drug-likeness (QED) is 0.753. The summed E-state index contributed by atoms with van der Waals surface area (Å²) in [4.78, 5) is 0. The lowest BCUT2D eigenvalue weighted by molar-refractivity contribution is 0.521. The van der Waals surface area contributed by atoms with E-state index in [1.165, 1.54) is 12.1 Å². The summed E-state index contributed by atoms with van der Waals surface area (Å²) in [7, 11) is 0. The van der Waals surface area contributed by atoms with Gasteiger partial charge in [0.2, 0.25) is 0 Å². The second-order valence-corrected chi connectivity index (χ2v) is 5.97. The Balaban J connectivity index is 2.30. The number of hydrogen-bond acceptors (Lipinski definition) is 1. The molecule has 0 saturated heterocycles. The van der Waals surface area contributed by atoms with Gasteiger partial charge in [-0.1, -0.05) is 28.1 Å². The first kappa shape index (κ1) is 14.6. The summed E-state index contributed by atoms with van der Waals surface area (Å²) in [6.07, 6.45) is 0.365. The van der Waals surface area contributed by atoms with Crippen molar-refractivity contribution in [3.8, 4) is 0 Å². The van der Waals surface area contributed by atoms with Gasteiger partial charge >= 0.3 is 0 Å². The van der Waals surface area contributed by atoms with E-state index in [4.69, 9.17) is 5.73 Å². The zero-order valence-electron chi connectivity index (χ0n) is 9.84. The Bertz CT molecular complexity index is 602. The molecule has 2 N–H and O–H groups in total. The van der Waals surface area contributed by atoms with Crippen molar-refractivity contribution in [2.24, 2.45) is 5.73 Å². The first-order valence-electron chi connectivity index (χ1n) is 5.62. The van der Waals surface area contributed by atoms with Crippen LogP contribution in [0.15, 0.2) is 45.3 Å². The molecule has 100 valence electrons. The maximum absolute atomic E-state index is 13.9. The fraction of sp³-hybridized carbons (Fsp3) is 0.143. The van der Waals surface area contributed by atoms with Crippen LogP contribution in [-0.4, -0.2) is 0 Å². The van der Waals surface area contributed by atoms with Crippen LogP contribution in [0.25, 0.3) is 0 Å². The number of halogens is 4. The highest BCUT2D eigenvalue weighted by atomic mass is 79.9. The maximum atomic E-state index is 13.9. The first-order chi connectivity index (χ1) is 8.99. The Kier molecular flexibility index (Phi) is 4.71. The largest absolute Gasteiger partial charge is 0.323 e. The standard InChI is InChI=1S/C14H11Br2F2N/c15-9-3-1-2-8(6-9)7-12(19)13-11(17)5-4-10(16)14(13)18/h1-6,12H,7,19H2. The van der Waals surface area contributed by atoms with Gasteiger partial charge in [0.15, 0.2) is 0 Å². The van der Waals surface area contributed by atoms with E-state index in [9.17, 15) is 8.78 Å². The predicted molar refractivity (Wildman–Crippen MR) is 78.8 cm³/mol. The van der Waals surface area contributed by atoms with Crippen LogP contribution in [0.5, 0.6) is 0 Å². The molecular weight excluding hydrogens is 380 g/mol. The number of benzene rings is 2. The summed E-state index contributed by atoms with van der Waals surface area (Å²) in [6.45, 7) is 0. The first-order valence-corrected chi connectivity index (χ1v) is 7.21. The van der Waals surface area contributed by atoms with Gasteiger partial charge in [0.05, 0.1) is 4.47 Å². The molecular formula is C14H11Br2F2N. The van der Waals surface area contributed by atoms with Gasteiger partial charge in [-0.2, -0.15) is 0 Å². The summed E-state index contributed by atoms with van der Waals surface area (Å²) in [5.41, 5.74) is 6.76. The summed E-state index contributed by atoms with van der Waals surface area (Å²) in [5.74, 6) is -1.26. The Labute approximate surface area is 127 Å². The average Bonchev–Trinajstić information content (AvgIpc) is 2.34. The molecule has 1 unspecified atom stereocenters. The third-order valence-corrected chi connectivity index (χ3v) is 3.90. The third kappa shape index (κ3) is 3.41. The van der Waals surface area contributed by atoms with Crippen LogP contribution in [0.3, 0.4) is 0 Å². The van der Waals surface area contributed by atoms with Crippen molar-refractivity contribution < 1.29 is 8.78 Å². The van der Waals surface area contributed by atoms with Crippen LogP contribution < -0.4 is 5.73 Å². The van der Waals surface area contributed by atoms with Gasteiger partial charge in [0, 0.05) is 16.1 Å². The molecule has 0 heterocycles. The van der Waals surface area contributed by atoms with Crippen molar-refractivity contribution in [3.63, 3.8) is 0 Å². The van der Waals surface area contributed by atoms with Crippen molar-refractivity contribution >= 4 is 31.9 Å². The number of rotatable bonds is 3. The van der Waals surface area contributed by atoms with Gasteiger partial charge in [-0.3, -0.25) is 0 Å². The Morgan fingerprint density at radius 1 is 1.11 bits per heavy atom. The molecule has 0 aromatic heterocycles. The van der Waals surface area contributed by atoms with Gasteiger partial charge in [-0.15, -0.1) is 0 Å². The SMILES string of the molecule is NC(Cc1cccc(Br)c1)c1c(F)ccc(Br)c1F. The lowest BCUT2D eigenvalue weighted by Gasteiger charge is -2.15. The highest BCUT2D eigenvalue weighted by Gasteiger charge is 2.19. The van der Waals surface area contributed by atoms with E-state index in [-0.39, 0.29) is 10.0 Å². The van der Waals surface area contributed by atoms with Crippen molar-refractivity contribution in [1.82, 2.24) is 0 Å². The van der Waals surface area contributed by atoms with E-state index in [1.807, 2.05) is 24.3 Å². The number of hydrogen-bond donors (Lipinski definition) is 1. The van der Waals surface area contributed by atoms with E-state index in [0.717, 1.165) is 10.0 Å². The molecule has 1 nitrogen and oxygen atoms in total. The fourth-order valence-corrected chi connectivity index (χ4v) is 2.69. The van der Waals surface area contributed by atoms with Crippen molar-refractivity contribution in [2.45, 2.75) is 12.5 Å². The second kappa shape index (κ2) is 6.11. The summed E-state index contributed by atoms with van der Waals surface area (Å²) < 4.78 is 28.8. The molecule has 1 atom stereocenters. The van der Waals surface area contributed by atoms with Crippen LogP contribution in [0, 0.1) is 11.6 Å².